The largest absolute Gasteiger partial charge is 0.379 e. The molecule has 30 heavy (non-hydrogen) atoms. The van der Waals surface area contributed by atoms with E-state index < -0.39 is 11.6 Å². The smallest absolute Gasteiger partial charge is 0.183 e. The lowest BCUT2D eigenvalue weighted by Crippen LogP contribution is -2.41. The van der Waals surface area contributed by atoms with Crippen LogP contribution >= 0.6 is 0 Å². The Morgan fingerprint density at radius 1 is 1.10 bits per heavy atom. The van der Waals surface area contributed by atoms with E-state index in [-0.39, 0.29) is 36.2 Å². The van der Waals surface area contributed by atoms with Crippen LogP contribution in [0.5, 0.6) is 0 Å². The van der Waals surface area contributed by atoms with Crippen LogP contribution in [0.4, 0.5) is 8.78 Å². The number of imidazole rings is 1. The van der Waals surface area contributed by atoms with Crippen LogP contribution in [0.3, 0.4) is 0 Å². The molecule has 0 amide bonds. The van der Waals surface area contributed by atoms with Crippen LogP contribution in [0.25, 0.3) is 5.69 Å². The van der Waals surface area contributed by atoms with Crippen molar-refractivity contribution in [3.63, 3.8) is 0 Å². The fraction of sp³-hybridized carbons (Fsp3) is 0.348. The van der Waals surface area contributed by atoms with Crippen LogP contribution in [0.15, 0.2) is 54.9 Å². The highest BCUT2D eigenvalue weighted by molar-refractivity contribution is 5.38. The maximum Gasteiger partial charge on any atom is 0.183 e. The van der Waals surface area contributed by atoms with Gasteiger partial charge in [-0.05, 0) is 18.6 Å². The van der Waals surface area contributed by atoms with E-state index in [2.05, 4.69) is 4.98 Å². The molecule has 0 N–H and O–H groups in total. The lowest BCUT2D eigenvalue weighted by atomic mass is 9.97. The van der Waals surface area contributed by atoms with Gasteiger partial charge in [0.05, 0.1) is 31.1 Å². The van der Waals surface area contributed by atoms with Gasteiger partial charge in [-0.3, -0.25) is 0 Å². The molecule has 0 spiro atoms. The van der Waals surface area contributed by atoms with Gasteiger partial charge in [0.15, 0.2) is 11.6 Å². The number of rotatable bonds is 6. The van der Waals surface area contributed by atoms with Crippen molar-refractivity contribution in [2.24, 2.45) is 0 Å². The van der Waals surface area contributed by atoms with E-state index in [4.69, 9.17) is 14.2 Å². The second kappa shape index (κ2) is 9.04. The molecule has 3 unspecified atom stereocenters. The Balaban J connectivity index is 1.43. The minimum Gasteiger partial charge on any atom is -0.379 e. The summed E-state index contributed by atoms with van der Waals surface area (Å²) in [6, 6.07) is 13.0. The van der Waals surface area contributed by atoms with Crippen LogP contribution in [-0.4, -0.2) is 35.5 Å². The van der Waals surface area contributed by atoms with Crippen molar-refractivity contribution in [3.8, 4) is 5.69 Å². The van der Waals surface area contributed by atoms with Crippen molar-refractivity contribution in [1.82, 2.24) is 9.55 Å². The number of nitrogens with zero attached hydrogens (tertiary/aromatic N) is 2. The van der Waals surface area contributed by atoms with Crippen LogP contribution < -0.4 is 0 Å². The number of aromatic nitrogens is 2. The van der Waals surface area contributed by atoms with Crippen molar-refractivity contribution in [1.29, 1.82) is 0 Å². The molecule has 0 aliphatic carbocycles. The van der Waals surface area contributed by atoms with E-state index in [0.717, 1.165) is 5.56 Å². The zero-order chi connectivity index (χ0) is 21.1. The van der Waals surface area contributed by atoms with Gasteiger partial charge in [0.2, 0.25) is 0 Å². The summed E-state index contributed by atoms with van der Waals surface area (Å²) in [6.45, 7) is 1.97. The zero-order valence-corrected chi connectivity index (χ0v) is 16.9. The van der Waals surface area contributed by atoms with Crippen molar-refractivity contribution < 1.29 is 23.0 Å². The molecular formula is C23H24F2N2O3. The number of methoxy groups -OCH3 is 1. The molecule has 2 aromatic carbocycles. The highest BCUT2D eigenvalue weighted by Crippen LogP contribution is 2.31. The van der Waals surface area contributed by atoms with Gasteiger partial charge >= 0.3 is 0 Å². The Morgan fingerprint density at radius 2 is 1.90 bits per heavy atom. The topological polar surface area (TPSA) is 45.5 Å². The molecule has 158 valence electrons. The first kappa shape index (κ1) is 20.7. The van der Waals surface area contributed by atoms with Gasteiger partial charge in [-0.15, -0.1) is 0 Å². The van der Waals surface area contributed by atoms with E-state index in [1.807, 2.05) is 30.3 Å². The molecule has 3 aromatic rings. The predicted octanol–water partition coefficient (Wildman–Crippen LogP) is 4.52. The van der Waals surface area contributed by atoms with Gasteiger partial charge < -0.3 is 18.8 Å². The number of hydrogen-bond donors (Lipinski definition) is 0. The Morgan fingerprint density at radius 3 is 2.60 bits per heavy atom. The Kier molecular flexibility index (Phi) is 6.22. The molecule has 7 heteroatoms. The number of benzene rings is 2. The molecule has 1 aliphatic heterocycles. The van der Waals surface area contributed by atoms with Gasteiger partial charge in [-0.1, -0.05) is 36.4 Å². The van der Waals surface area contributed by atoms with Gasteiger partial charge in [0, 0.05) is 31.5 Å². The van der Waals surface area contributed by atoms with E-state index in [9.17, 15) is 8.78 Å². The van der Waals surface area contributed by atoms with Crippen molar-refractivity contribution in [2.45, 2.75) is 38.3 Å². The van der Waals surface area contributed by atoms with Gasteiger partial charge in [0.25, 0.3) is 0 Å². The summed E-state index contributed by atoms with van der Waals surface area (Å²) in [7, 11) is 1.62. The maximum absolute atomic E-state index is 14.7. The molecule has 4 rings (SSSR count). The van der Waals surface area contributed by atoms with Gasteiger partial charge in [0.1, 0.15) is 11.9 Å². The summed E-state index contributed by atoms with van der Waals surface area (Å²) in [6.07, 6.45) is 3.11. The molecule has 5 nitrogen and oxygen atoms in total. The molecule has 1 aliphatic rings. The van der Waals surface area contributed by atoms with Crippen molar-refractivity contribution in [2.75, 3.05) is 13.7 Å². The Hall–Kier alpha value is -2.61. The standard InChI is InChI=1S/C23H24F2N2O3/c1-15-26-10-11-27(15)18-9-8-17(22(24)23(18)25)13-29-21-14-30-19(12-20(21)28-2)16-6-4-3-5-7-16/h3-11,19-21H,12-14H2,1-2H3. The molecule has 1 fully saturated rings. The van der Waals surface area contributed by atoms with Crippen LogP contribution in [0.2, 0.25) is 0 Å². The highest BCUT2D eigenvalue weighted by atomic mass is 19.2. The summed E-state index contributed by atoms with van der Waals surface area (Å²) in [4.78, 5) is 4.05. The number of halogens is 2. The first-order valence-corrected chi connectivity index (χ1v) is 9.86. The third kappa shape index (κ3) is 4.14. The predicted molar refractivity (Wildman–Crippen MR) is 107 cm³/mol. The number of aryl methyl sites for hydroxylation is 1. The summed E-state index contributed by atoms with van der Waals surface area (Å²) in [5, 5.41) is 0. The minimum atomic E-state index is -0.926. The lowest BCUT2D eigenvalue weighted by Gasteiger charge is -2.35. The summed E-state index contributed by atoms with van der Waals surface area (Å²) in [5.41, 5.74) is 1.35. The first-order chi connectivity index (χ1) is 14.6. The monoisotopic (exact) mass is 414 g/mol. The van der Waals surface area contributed by atoms with Crippen molar-refractivity contribution >= 4 is 0 Å². The molecule has 2 heterocycles. The van der Waals surface area contributed by atoms with E-state index in [1.54, 1.807) is 26.4 Å². The molecule has 3 atom stereocenters. The quantitative estimate of drug-likeness (QED) is 0.595. The van der Waals surface area contributed by atoms with Crippen molar-refractivity contribution in [3.05, 3.63) is 83.4 Å². The van der Waals surface area contributed by atoms with Crippen LogP contribution in [0, 0.1) is 18.6 Å². The fourth-order valence-electron chi connectivity index (χ4n) is 3.76. The fourth-order valence-corrected chi connectivity index (χ4v) is 3.76. The highest BCUT2D eigenvalue weighted by Gasteiger charge is 2.33. The molecule has 0 radical (unpaired) electrons. The van der Waals surface area contributed by atoms with E-state index in [1.165, 1.54) is 16.7 Å². The normalized spacial score (nSPS) is 21.7. The number of hydrogen-bond acceptors (Lipinski definition) is 4. The summed E-state index contributed by atoms with van der Waals surface area (Å²) < 4.78 is 48.2. The molecular weight excluding hydrogens is 390 g/mol. The van der Waals surface area contributed by atoms with E-state index >= 15 is 0 Å². The second-order valence-electron chi connectivity index (χ2n) is 7.31. The Labute approximate surface area is 174 Å². The average Bonchev–Trinajstić information content (AvgIpc) is 3.21. The zero-order valence-electron chi connectivity index (χ0n) is 16.9. The SMILES string of the molecule is COC1CC(c2ccccc2)OCC1OCc1ccc(-n2ccnc2C)c(F)c1F. The third-order valence-electron chi connectivity index (χ3n) is 5.48. The second-order valence-corrected chi connectivity index (χ2v) is 7.31. The number of ether oxygens (including phenoxy) is 3. The molecule has 1 aromatic heterocycles. The van der Waals surface area contributed by atoms with E-state index in [0.29, 0.717) is 18.9 Å². The Bertz CT molecular complexity index is 993. The maximum atomic E-state index is 14.7. The lowest BCUT2D eigenvalue weighted by molar-refractivity contribution is -0.160. The average molecular weight is 414 g/mol. The molecule has 1 saturated heterocycles. The third-order valence-corrected chi connectivity index (χ3v) is 5.48. The van der Waals surface area contributed by atoms with Gasteiger partial charge in [-0.25, -0.2) is 13.8 Å². The summed E-state index contributed by atoms with van der Waals surface area (Å²) >= 11 is 0. The summed E-state index contributed by atoms with van der Waals surface area (Å²) in [5.74, 6) is -1.27. The van der Waals surface area contributed by atoms with Gasteiger partial charge in [-0.2, -0.15) is 0 Å². The molecule has 0 bridgehead atoms. The van der Waals surface area contributed by atoms with Crippen LogP contribution in [-0.2, 0) is 20.8 Å². The first-order valence-electron chi connectivity index (χ1n) is 9.86. The minimum absolute atomic E-state index is 0.0736. The van der Waals surface area contributed by atoms with Crippen LogP contribution in [0.1, 0.15) is 29.5 Å². The molecule has 0 saturated carbocycles.